The van der Waals surface area contributed by atoms with Gasteiger partial charge in [0.2, 0.25) is 15.9 Å². The third kappa shape index (κ3) is 4.17. The number of benzene rings is 1. The Morgan fingerprint density at radius 3 is 2.54 bits per heavy atom. The van der Waals surface area contributed by atoms with Gasteiger partial charge in [0.15, 0.2) is 0 Å². The van der Waals surface area contributed by atoms with Crippen LogP contribution in [0.25, 0.3) is 0 Å². The van der Waals surface area contributed by atoms with Crippen molar-refractivity contribution in [3.8, 4) is 0 Å². The standard InChI is InChI=1S/C16H22BrN3O3S/c1-12-2-3-13(17)10-15(12)24(22,23)20-8-6-19(7-9-20)11-16(21)18-14-4-5-14/h2-3,10,14H,4-9,11H2,1H3,(H,18,21). The molecule has 2 fully saturated rings. The molecule has 0 aromatic heterocycles. The fraction of sp³-hybridized carbons (Fsp3) is 0.562. The molecule has 1 saturated heterocycles. The third-order valence-electron chi connectivity index (χ3n) is 4.41. The first-order valence-electron chi connectivity index (χ1n) is 8.14. The van der Waals surface area contributed by atoms with Gasteiger partial charge in [-0.2, -0.15) is 4.31 Å². The van der Waals surface area contributed by atoms with Crippen molar-refractivity contribution in [2.45, 2.75) is 30.7 Å². The quantitative estimate of drug-likeness (QED) is 0.787. The van der Waals surface area contributed by atoms with Gasteiger partial charge < -0.3 is 5.32 Å². The molecule has 0 radical (unpaired) electrons. The van der Waals surface area contributed by atoms with Crippen molar-refractivity contribution in [3.05, 3.63) is 28.2 Å². The molecule has 6 nitrogen and oxygen atoms in total. The van der Waals surface area contributed by atoms with Gasteiger partial charge in [0.1, 0.15) is 0 Å². The molecule has 0 bridgehead atoms. The van der Waals surface area contributed by atoms with E-state index in [1.165, 1.54) is 4.31 Å². The summed E-state index contributed by atoms with van der Waals surface area (Å²) >= 11 is 3.34. The van der Waals surface area contributed by atoms with E-state index in [9.17, 15) is 13.2 Å². The summed E-state index contributed by atoms with van der Waals surface area (Å²) < 4.78 is 28.0. The Morgan fingerprint density at radius 1 is 1.25 bits per heavy atom. The van der Waals surface area contributed by atoms with E-state index in [0.717, 1.165) is 22.9 Å². The van der Waals surface area contributed by atoms with Gasteiger partial charge >= 0.3 is 0 Å². The van der Waals surface area contributed by atoms with Crippen LogP contribution in [0.5, 0.6) is 0 Å². The van der Waals surface area contributed by atoms with Crippen molar-refractivity contribution in [2.24, 2.45) is 0 Å². The van der Waals surface area contributed by atoms with Crippen LogP contribution in [0.15, 0.2) is 27.6 Å². The fourth-order valence-corrected chi connectivity index (χ4v) is 5.01. The molecular formula is C16H22BrN3O3S. The number of sulfonamides is 1. The molecule has 1 aromatic rings. The average Bonchev–Trinajstić information content (AvgIpc) is 3.34. The van der Waals surface area contributed by atoms with Gasteiger partial charge in [-0.25, -0.2) is 8.42 Å². The molecule has 132 valence electrons. The number of aryl methyl sites for hydroxylation is 1. The number of carbonyl (C=O) groups excluding carboxylic acids is 1. The summed E-state index contributed by atoms with van der Waals surface area (Å²) in [7, 11) is -3.50. The molecule has 1 amide bonds. The first-order valence-corrected chi connectivity index (χ1v) is 10.4. The topological polar surface area (TPSA) is 69.7 Å². The zero-order valence-corrected chi connectivity index (χ0v) is 16.1. The van der Waals surface area contributed by atoms with Crippen molar-refractivity contribution in [1.82, 2.24) is 14.5 Å². The van der Waals surface area contributed by atoms with E-state index in [-0.39, 0.29) is 5.91 Å². The maximum absolute atomic E-state index is 12.9. The Morgan fingerprint density at radius 2 is 1.92 bits per heavy atom. The van der Waals surface area contributed by atoms with Crippen LogP contribution in [0, 0.1) is 6.92 Å². The first kappa shape index (κ1) is 17.8. The molecule has 24 heavy (non-hydrogen) atoms. The van der Waals surface area contributed by atoms with Gasteiger partial charge in [-0.1, -0.05) is 22.0 Å². The second-order valence-corrected chi connectivity index (χ2v) is 9.25. The molecule has 1 saturated carbocycles. The second kappa shape index (κ2) is 7.11. The third-order valence-corrected chi connectivity index (χ3v) is 6.94. The lowest BCUT2D eigenvalue weighted by Crippen LogP contribution is -2.51. The van der Waals surface area contributed by atoms with Gasteiger partial charge in [-0.15, -0.1) is 0 Å². The summed E-state index contributed by atoms with van der Waals surface area (Å²) in [6, 6.07) is 5.65. The number of carbonyl (C=O) groups is 1. The predicted molar refractivity (Wildman–Crippen MR) is 95.2 cm³/mol. The normalized spacial score (nSPS) is 20.1. The Kier molecular flexibility index (Phi) is 5.29. The highest BCUT2D eigenvalue weighted by Crippen LogP contribution is 2.24. The van der Waals surface area contributed by atoms with Crippen LogP contribution in [0.2, 0.25) is 0 Å². The Hall–Kier alpha value is -0.960. The maximum Gasteiger partial charge on any atom is 0.243 e. The fourth-order valence-electron chi connectivity index (χ4n) is 2.82. The highest BCUT2D eigenvalue weighted by atomic mass is 79.9. The molecule has 1 aliphatic heterocycles. The van der Waals surface area contributed by atoms with Gasteiger partial charge in [0.25, 0.3) is 0 Å². The summed E-state index contributed by atoms with van der Waals surface area (Å²) in [5, 5.41) is 2.96. The summed E-state index contributed by atoms with van der Waals surface area (Å²) in [5.74, 6) is 0.0386. The van der Waals surface area contributed by atoms with Crippen LogP contribution in [-0.2, 0) is 14.8 Å². The summed E-state index contributed by atoms with van der Waals surface area (Å²) in [6.07, 6.45) is 2.15. The number of amides is 1. The molecule has 3 rings (SSSR count). The van der Waals surface area contributed by atoms with Gasteiger partial charge in [-0.3, -0.25) is 9.69 Å². The highest BCUT2D eigenvalue weighted by molar-refractivity contribution is 9.10. The Balaban J connectivity index is 1.60. The average molecular weight is 416 g/mol. The van der Waals surface area contributed by atoms with Gasteiger partial charge in [-0.05, 0) is 37.5 Å². The summed E-state index contributed by atoms with van der Waals surface area (Å²) in [6.45, 7) is 4.11. The minimum Gasteiger partial charge on any atom is -0.352 e. The van der Waals surface area contributed by atoms with Crippen molar-refractivity contribution in [3.63, 3.8) is 0 Å². The van der Waals surface area contributed by atoms with E-state index in [1.54, 1.807) is 19.1 Å². The summed E-state index contributed by atoms with van der Waals surface area (Å²) in [5.41, 5.74) is 0.740. The molecule has 1 aliphatic carbocycles. The molecule has 2 aliphatic rings. The zero-order valence-electron chi connectivity index (χ0n) is 13.7. The SMILES string of the molecule is Cc1ccc(Br)cc1S(=O)(=O)N1CCN(CC(=O)NC2CC2)CC1. The van der Waals surface area contributed by atoms with Crippen molar-refractivity contribution in [2.75, 3.05) is 32.7 Å². The van der Waals surface area contributed by atoms with Crippen molar-refractivity contribution < 1.29 is 13.2 Å². The molecule has 1 N–H and O–H groups in total. The second-order valence-electron chi connectivity index (χ2n) is 6.43. The maximum atomic E-state index is 12.9. The van der Waals surface area contributed by atoms with E-state index in [2.05, 4.69) is 21.2 Å². The Labute approximate surface area is 151 Å². The van der Waals surface area contributed by atoms with Gasteiger partial charge in [0.05, 0.1) is 11.4 Å². The molecule has 1 heterocycles. The smallest absolute Gasteiger partial charge is 0.243 e. The van der Waals surface area contributed by atoms with Gasteiger partial charge in [0, 0.05) is 36.7 Å². The molecule has 8 heteroatoms. The number of halogens is 1. The zero-order chi connectivity index (χ0) is 17.3. The van der Waals surface area contributed by atoms with E-state index < -0.39 is 10.0 Å². The Bertz CT molecular complexity index is 726. The number of hydrogen-bond donors (Lipinski definition) is 1. The first-order chi connectivity index (χ1) is 11.4. The number of piperazine rings is 1. The number of nitrogens with one attached hydrogen (secondary N) is 1. The van der Waals surface area contributed by atoms with Crippen LogP contribution < -0.4 is 5.32 Å². The minimum atomic E-state index is -3.50. The van der Waals surface area contributed by atoms with Crippen LogP contribution >= 0.6 is 15.9 Å². The number of hydrogen-bond acceptors (Lipinski definition) is 4. The molecular weight excluding hydrogens is 394 g/mol. The largest absolute Gasteiger partial charge is 0.352 e. The molecule has 0 atom stereocenters. The molecule has 0 spiro atoms. The van der Waals surface area contributed by atoms with E-state index in [0.29, 0.717) is 43.7 Å². The number of rotatable bonds is 5. The van der Waals surface area contributed by atoms with Crippen molar-refractivity contribution in [1.29, 1.82) is 0 Å². The lowest BCUT2D eigenvalue weighted by Gasteiger charge is -2.33. The van der Waals surface area contributed by atoms with Crippen LogP contribution in [0.3, 0.4) is 0 Å². The highest BCUT2D eigenvalue weighted by Gasteiger charge is 2.31. The minimum absolute atomic E-state index is 0.0386. The lowest BCUT2D eigenvalue weighted by molar-refractivity contribution is -0.122. The summed E-state index contributed by atoms with van der Waals surface area (Å²) in [4.78, 5) is 14.2. The van der Waals surface area contributed by atoms with E-state index in [4.69, 9.17) is 0 Å². The molecule has 1 aromatic carbocycles. The lowest BCUT2D eigenvalue weighted by atomic mass is 10.2. The van der Waals surface area contributed by atoms with Crippen LogP contribution in [0.1, 0.15) is 18.4 Å². The predicted octanol–water partition coefficient (Wildman–Crippen LogP) is 1.34. The monoisotopic (exact) mass is 415 g/mol. The van der Waals surface area contributed by atoms with Crippen LogP contribution in [-0.4, -0.2) is 62.3 Å². The van der Waals surface area contributed by atoms with Crippen LogP contribution in [0.4, 0.5) is 0 Å². The van der Waals surface area contributed by atoms with Crippen molar-refractivity contribution >= 4 is 31.9 Å². The van der Waals surface area contributed by atoms with E-state index >= 15 is 0 Å². The molecule has 0 unspecified atom stereocenters. The number of nitrogens with zero attached hydrogens (tertiary/aromatic N) is 2. The van der Waals surface area contributed by atoms with E-state index in [1.807, 2.05) is 11.0 Å².